The van der Waals surface area contributed by atoms with Gasteiger partial charge in [-0.05, 0) is 32.6 Å². The highest BCUT2D eigenvalue weighted by Gasteiger charge is 2.05. The summed E-state index contributed by atoms with van der Waals surface area (Å²) < 4.78 is 0. The third-order valence-corrected chi connectivity index (χ3v) is 1.44. The summed E-state index contributed by atoms with van der Waals surface area (Å²) in [4.78, 5) is 0. The predicted molar refractivity (Wildman–Crippen MR) is 44.9 cm³/mol. The van der Waals surface area contributed by atoms with Crippen LogP contribution in [0.25, 0.3) is 0 Å². The van der Waals surface area contributed by atoms with Gasteiger partial charge in [0.05, 0.1) is 6.10 Å². The van der Waals surface area contributed by atoms with E-state index in [1.54, 1.807) is 0 Å². The molecule has 1 heteroatoms. The molecule has 0 aromatic heterocycles. The molecule has 0 heterocycles. The lowest BCUT2D eigenvalue weighted by atomic mass is 9.97. The molecule has 0 bridgehead atoms. The maximum atomic E-state index is 9.01. The Labute approximate surface area is 63.8 Å². The van der Waals surface area contributed by atoms with Crippen LogP contribution in [0.5, 0.6) is 0 Å². The van der Waals surface area contributed by atoms with Crippen molar-refractivity contribution in [1.29, 1.82) is 0 Å². The number of hydrogen-bond acceptors (Lipinski definition) is 1. The molecule has 0 aromatic rings. The summed E-state index contributed by atoms with van der Waals surface area (Å²) >= 11 is 0. The third-order valence-electron chi connectivity index (χ3n) is 1.44. The van der Waals surface area contributed by atoms with Crippen LogP contribution in [0.1, 0.15) is 33.6 Å². The Morgan fingerprint density at radius 3 is 2.30 bits per heavy atom. The van der Waals surface area contributed by atoms with E-state index in [1.165, 1.54) is 5.57 Å². The number of rotatable bonds is 4. The third kappa shape index (κ3) is 5.83. The van der Waals surface area contributed by atoms with Gasteiger partial charge in [0.2, 0.25) is 0 Å². The van der Waals surface area contributed by atoms with Crippen molar-refractivity contribution in [2.24, 2.45) is 5.92 Å². The van der Waals surface area contributed by atoms with Gasteiger partial charge in [-0.3, -0.25) is 0 Å². The zero-order valence-electron chi connectivity index (χ0n) is 7.22. The Kier molecular flexibility index (Phi) is 4.37. The summed E-state index contributed by atoms with van der Waals surface area (Å²) in [6.45, 7) is 9.82. The highest BCUT2D eigenvalue weighted by molar-refractivity contribution is 4.89. The van der Waals surface area contributed by atoms with Gasteiger partial charge in [0, 0.05) is 0 Å². The van der Waals surface area contributed by atoms with Crippen LogP contribution in [-0.4, -0.2) is 11.2 Å². The van der Waals surface area contributed by atoms with Crippen LogP contribution in [0.4, 0.5) is 0 Å². The van der Waals surface area contributed by atoms with Crippen molar-refractivity contribution in [3.8, 4) is 0 Å². The summed E-state index contributed by atoms with van der Waals surface area (Å²) in [5.74, 6) is 0.567. The number of allylic oxidation sites excluding steroid dienone is 1. The van der Waals surface area contributed by atoms with Gasteiger partial charge < -0.3 is 5.11 Å². The molecular formula is C9H18O. The standard InChI is InChI=1S/C9H18O/c1-7(2)5-8(3)6-9(4)10/h8-10H,1,5-6H2,2-4H3. The highest BCUT2D eigenvalue weighted by atomic mass is 16.3. The molecule has 0 radical (unpaired) electrons. The fourth-order valence-corrected chi connectivity index (χ4v) is 1.26. The van der Waals surface area contributed by atoms with Crippen LogP contribution in [0.3, 0.4) is 0 Å². The predicted octanol–water partition coefficient (Wildman–Crippen LogP) is 2.36. The molecule has 0 aliphatic carbocycles. The van der Waals surface area contributed by atoms with Gasteiger partial charge in [-0.15, -0.1) is 6.58 Å². The summed E-state index contributed by atoms with van der Waals surface area (Å²) in [7, 11) is 0. The molecule has 0 saturated carbocycles. The van der Waals surface area contributed by atoms with E-state index in [4.69, 9.17) is 5.11 Å². The van der Waals surface area contributed by atoms with E-state index >= 15 is 0 Å². The minimum atomic E-state index is -0.172. The van der Waals surface area contributed by atoms with E-state index in [0.29, 0.717) is 5.92 Å². The van der Waals surface area contributed by atoms with Crippen molar-refractivity contribution in [3.63, 3.8) is 0 Å². The zero-order valence-corrected chi connectivity index (χ0v) is 7.22. The van der Waals surface area contributed by atoms with Crippen LogP contribution in [-0.2, 0) is 0 Å². The normalized spacial score (nSPS) is 16.4. The van der Waals surface area contributed by atoms with Crippen molar-refractivity contribution in [2.45, 2.75) is 39.7 Å². The number of aliphatic hydroxyl groups is 1. The summed E-state index contributed by atoms with van der Waals surface area (Å²) in [5.41, 5.74) is 1.20. The summed E-state index contributed by atoms with van der Waals surface area (Å²) in [6.07, 6.45) is 1.74. The van der Waals surface area contributed by atoms with Gasteiger partial charge in [-0.1, -0.05) is 12.5 Å². The lowest BCUT2D eigenvalue weighted by Crippen LogP contribution is -2.06. The Morgan fingerprint density at radius 1 is 1.50 bits per heavy atom. The molecule has 0 rings (SSSR count). The van der Waals surface area contributed by atoms with E-state index in [-0.39, 0.29) is 6.10 Å². The number of hydrogen-bond donors (Lipinski definition) is 1. The summed E-state index contributed by atoms with van der Waals surface area (Å²) in [6, 6.07) is 0. The molecule has 0 amide bonds. The van der Waals surface area contributed by atoms with E-state index < -0.39 is 0 Å². The molecule has 2 atom stereocenters. The van der Waals surface area contributed by atoms with Crippen molar-refractivity contribution in [2.75, 3.05) is 0 Å². The molecule has 60 valence electrons. The smallest absolute Gasteiger partial charge is 0.0514 e. The average Bonchev–Trinajstić information content (AvgIpc) is 1.58. The van der Waals surface area contributed by atoms with E-state index in [2.05, 4.69) is 13.5 Å². The molecule has 0 aliphatic heterocycles. The monoisotopic (exact) mass is 142 g/mol. The van der Waals surface area contributed by atoms with Gasteiger partial charge in [-0.2, -0.15) is 0 Å². The Hall–Kier alpha value is -0.300. The van der Waals surface area contributed by atoms with Crippen molar-refractivity contribution in [3.05, 3.63) is 12.2 Å². The topological polar surface area (TPSA) is 20.2 Å². The van der Waals surface area contributed by atoms with Crippen molar-refractivity contribution >= 4 is 0 Å². The lowest BCUT2D eigenvalue weighted by Gasteiger charge is -2.12. The SMILES string of the molecule is C=C(C)CC(C)CC(C)O. The average molecular weight is 142 g/mol. The van der Waals surface area contributed by atoms with Gasteiger partial charge in [0.15, 0.2) is 0 Å². The van der Waals surface area contributed by atoms with Crippen LogP contribution < -0.4 is 0 Å². The van der Waals surface area contributed by atoms with Gasteiger partial charge in [-0.25, -0.2) is 0 Å². The lowest BCUT2D eigenvalue weighted by molar-refractivity contribution is 0.164. The molecule has 0 fully saturated rings. The van der Waals surface area contributed by atoms with Crippen LogP contribution in [0, 0.1) is 5.92 Å². The Bertz CT molecular complexity index is 105. The first-order chi connectivity index (χ1) is 4.52. The molecule has 0 spiro atoms. The molecule has 1 nitrogen and oxygen atoms in total. The quantitative estimate of drug-likeness (QED) is 0.597. The second-order valence-electron chi connectivity index (χ2n) is 3.35. The fourth-order valence-electron chi connectivity index (χ4n) is 1.26. The first-order valence-corrected chi connectivity index (χ1v) is 3.84. The maximum absolute atomic E-state index is 9.01. The molecule has 10 heavy (non-hydrogen) atoms. The molecule has 0 aliphatic rings. The maximum Gasteiger partial charge on any atom is 0.0514 e. The van der Waals surface area contributed by atoms with Gasteiger partial charge in [0.1, 0.15) is 0 Å². The molecular weight excluding hydrogens is 124 g/mol. The Morgan fingerprint density at radius 2 is 2.00 bits per heavy atom. The number of aliphatic hydroxyl groups excluding tert-OH is 1. The first kappa shape index (κ1) is 9.70. The summed E-state index contributed by atoms with van der Waals surface area (Å²) in [5, 5.41) is 9.01. The van der Waals surface area contributed by atoms with E-state index in [1.807, 2.05) is 13.8 Å². The van der Waals surface area contributed by atoms with E-state index in [9.17, 15) is 0 Å². The van der Waals surface area contributed by atoms with Crippen molar-refractivity contribution < 1.29 is 5.11 Å². The van der Waals surface area contributed by atoms with Crippen molar-refractivity contribution in [1.82, 2.24) is 0 Å². The van der Waals surface area contributed by atoms with Crippen LogP contribution >= 0.6 is 0 Å². The minimum absolute atomic E-state index is 0.172. The molecule has 0 saturated heterocycles. The zero-order chi connectivity index (χ0) is 8.15. The van der Waals surface area contributed by atoms with Crippen LogP contribution in [0.2, 0.25) is 0 Å². The van der Waals surface area contributed by atoms with Gasteiger partial charge in [0.25, 0.3) is 0 Å². The Balaban J connectivity index is 3.43. The fraction of sp³-hybridized carbons (Fsp3) is 0.778. The van der Waals surface area contributed by atoms with E-state index in [0.717, 1.165) is 12.8 Å². The van der Waals surface area contributed by atoms with Gasteiger partial charge >= 0.3 is 0 Å². The largest absolute Gasteiger partial charge is 0.393 e. The van der Waals surface area contributed by atoms with Crippen LogP contribution in [0.15, 0.2) is 12.2 Å². The minimum Gasteiger partial charge on any atom is -0.393 e. The second kappa shape index (κ2) is 4.51. The molecule has 0 aromatic carbocycles. The molecule has 1 N–H and O–H groups in total. The molecule has 2 unspecified atom stereocenters. The second-order valence-corrected chi connectivity index (χ2v) is 3.35. The first-order valence-electron chi connectivity index (χ1n) is 3.84. The highest BCUT2D eigenvalue weighted by Crippen LogP contribution is 2.14.